The topological polar surface area (TPSA) is 163 Å². The van der Waals surface area contributed by atoms with E-state index in [1.54, 1.807) is 45.0 Å². The number of alkyl carbamates (subject to hydrolysis) is 1. The van der Waals surface area contributed by atoms with Gasteiger partial charge in [-0.25, -0.2) is 14.4 Å². The number of aromatic nitrogens is 2. The molecule has 1 saturated heterocycles. The molecular weight excluding hydrogens is 496 g/mol. The van der Waals surface area contributed by atoms with Gasteiger partial charge in [0.15, 0.2) is 0 Å². The minimum absolute atomic E-state index is 0.0636. The number of aliphatic hydroxyl groups is 1. The molecule has 1 aromatic carbocycles. The molecule has 204 valence electrons. The second-order valence-corrected chi connectivity index (χ2v) is 10.0. The van der Waals surface area contributed by atoms with Gasteiger partial charge in [0.1, 0.15) is 23.2 Å². The number of piperazine rings is 1. The highest BCUT2D eigenvalue weighted by Crippen LogP contribution is 2.15. The third-order valence-corrected chi connectivity index (χ3v) is 5.77. The largest absolute Gasteiger partial charge is 0.444 e. The number of urea groups is 1. The summed E-state index contributed by atoms with van der Waals surface area (Å²) in [5.41, 5.74) is -1.98. The lowest BCUT2D eigenvalue weighted by atomic mass is 10.0. The minimum Gasteiger partial charge on any atom is -0.444 e. The first-order chi connectivity index (χ1) is 17.8. The highest BCUT2D eigenvalue weighted by atomic mass is 16.6. The van der Waals surface area contributed by atoms with Crippen molar-refractivity contribution < 1.29 is 29.0 Å². The molecule has 13 heteroatoms. The quantitative estimate of drug-likeness (QED) is 0.468. The second-order valence-electron chi connectivity index (χ2n) is 10.0. The van der Waals surface area contributed by atoms with Crippen LogP contribution >= 0.6 is 0 Å². The van der Waals surface area contributed by atoms with E-state index in [0.717, 1.165) is 0 Å². The summed E-state index contributed by atoms with van der Waals surface area (Å²) in [6.07, 6.45) is 1.34. The lowest BCUT2D eigenvalue weighted by Gasteiger charge is -2.39. The maximum Gasteiger partial charge on any atom is 0.408 e. The number of ether oxygens (including phenoxy) is 1. The maximum absolute atomic E-state index is 13.1. The Morgan fingerprint density at radius 2 is 1.63 bits per heavy atom. The molecule has 1 aliphatic heterocycles. The Morgan fingerprint density at radius 1 is 1.03 bits per heavy atom. The first-order valence-corrected chi connectivity index (χ1v) is 12.0. The van der Waals surface area contributed by atoms with Gasteiger partial charge in [-0.2, -0.15) is 4.98 Å². The van der Waals surface area contributed by atoms with Crippen molar-refractivity contribution >= 4 is 30.1 Å². The summed E-state index contributed by atoms with van der Waals surface area (Å²) in [4.78, 5) is 68.0. The van der Waals surface area contributed by atoms with Crippen molar-refractivity contribution in [1.29, 1.82) is 0 Å². The summed E-state index contributed by atoms with van der Waals surface area (Å²) in [5, 5.41) is 14.9. The van der Waals surface area contributed by atoms with E-state index in [0.29, 0.717) is 17.5 Å². The number of aldehydes is 1. The normalized spacial score (nSPS) is 15.3. The predicted molar refractivity (Wildman–Crippen MR) is 137 cm³/mol. The van der Waals surface area contributed by atoms with Crippen molar-refractivity contribution in [2.75, 3.05) is 38.1 Å². The van der Waals surface area contributed by atoms with Crippen molar-refractivity contribution in [2.45, 2.75) is 38.8 Å². The Morgan fingerprint density at radius 3 is 2.16 bits per heavy atom. The lowest BCUT2D eigenvalue weighted by molar-refractivity contribution is -0.140. The summed E-state index contributed by atoms with van der Waals surface area (Å²) in [6.45, 7) is 6.54. The van der Waals surface area contributed by atoms with Crippen LogP contribution in [0.3, 0.4) is 0 Å². The van der Waals surface area contributed by atoms with Crippen LogP contribution in [-0.2, 0) is 9.53 Å². The number of rotatable bonds is 6. The fraction of sp³-hybridized carbons (Fsp3) is 0.440. The number of hydrogen-bond acceptors (Lipinski definition) is 8. The van der Waals surface area contributed by atoms with Crippen LogP contribution in [-0.4, -0.2) is 92.7 Å². The smallest absolute Gasteiger partial charge is 0.408 e. The van der Waals surface area contributed by atoms with Crippen LogP contribution < -0.4 is 16.3 Å². The fourth-order valence-electron chi connectivity index (χ4n) is 3.72. The number of nitrogens with zero attached hydrogens (tertiary/aromatic N) is 4. The van der Waals surface area contributed by atoms with E-state index in [1.165, 1.54) is 33.6 Å². The molecule has 0 saturated carbocycles. The van der Waals surface area contributed by atoms with Gasteiger partial charge in [-0.1, -0.05) is 0 Å². The maximum atomic E-state index is 13.1. The number of amides is 4. The summed E-state index contributed by atoms with van der Waals surface area (Å²) in [7, 11) is 0. The highest BCUT2D eigenvalue weighted by Gasteiger charge is 2.40. The number of carbonyl (C=O) groups is 4. The van der Waals surface area contributed by atoms with Crippen LogP contribution in [0.15, 0.2) is 41.3 Å². The number of anilines is 1. The zero-order chi connectivity index (χ0) is 28.1. The van der Waals surface area contributed by atoms with E-state index in [-0.39, 0.29) is 32.0 Å². The molecule has 2 aromatic rings. The molecule has 0 radical (unpaired) electrons. The van der Waals surface area contributed by atoms with E-state index in [4.69, 9.17) is 4.74 Å². The standard InChI is InChI=1S/C25H32N6O7/c1-24(2,3)38-23(37)28-25(4,16-33)20(34)29-11-13-30(14-12-29)21(35)26-19-9-10-31(22(36)27-19)18-7-5-17(15-32)6-8-18/h5-10,15,33H,11-14,16H2,1-4H3,(H,28,37)(H,26,27,35,36)/t25-/m0/s1. The van der Waals surface area contributed by atoms with Crippen molar-refractivity contribution in [3.05, 3.63) is 52.6 Å². The number of benzene rings is 1. The molecule has 3 N–H and O–H groups in total. The monoisotopic (exact) mass is 528 g/mol. The van der Waals surface area contributed by atoms with Crippen molar-refractivity contribution in [2.24, 2.45) is 0 Å². The van der Waals surface area contributed by atoms with Crippen molar-refractivity contribution in [3.8, 4) is 5.69 Å². The van der Waals surface area contributed by atoms with Crippen LogP contribution in [0.4, 0.5) is 15.4 Å². The third kappa shape index (κ3) is 6.94. The molecule has 1 aromatic heterocycles. The predicted octanol–water partition coefficient (Wildman–Crippen LogP) is 0.997. The zero-order valence-corrected chi connectivity index (χ0v) is 21.8. The Kier molecular flexibility index (Phi) is 8.51. The third-order valence-electron chi connectivity index (χ3n) is 5.77. The average molecular weight is 529 g/mol. The van der Waals surface area contributed by atoms with Gasteiger partial charge in [-0.3, -0.25) is 19.5 Å². The lowest BCUT2D eigenvalue weighted by Crippen LogP contribution is -2.63. The molecule has 2 heterocycles. The molecular formula is C25H32N6O7. The molecule has 3 rings (SSSR count). The molecule has 13 nitrogen and oxygen atoms in total. The van der Waals surface area contributed by atoms with Crippen LogP contribution in [0.25, 0.3) is 5.69 Å². The van der Waals surface area contributed by atoms with Gasteiger partial charge in [-0.05, 0) is 58.0 Å². The summed E-state index contributed by atoms with van der Waals surface area (Å²) in [6, 6.07) is 7.35. The Labute approximate surface area is 219 Å². The molecule has 1 fully saturated rings. The summed E-state index contributed by atoms with van der Waals surface area (Å²) >= 11 is 0. The van der Waals surface area contributed by atoms with E-state index in [1.807, 2.05) is 0 Å². The summed E-state index contributed by atoms with van der Waals surface area (Å²) < 4.78 is 6.47. The molecule has 4 amide bonds. The SMILES string of the molecule is CC(C)(C)OC(=O)N[C@@](C)(CO)C(=O)N1CCN(C(=O)Nc2ccn(-c3ccc(C=O)cc3)c(=O)n2)CC1. The number of carbonyl (C=O) groups excluding carboxylic acids is 4. The van der Waals surface area contributed by atoms with Gasteiger partial charge in [-0.15, -0.1) is 0 Å². The second kappa shape index (κ2) is 11.4. The van der Waals surface area contributed by atoms with Gasteiger partial charge in [0.2, 0.25) is 0 Å². The first kappa shape index (κ1) is 28.3. The van der Waals surface area contributed by atoms with Gasteiger partial charge in [0, 0.05) is 37.9 Å². The highest BCUT2D eigenvalue weighted by molar-refractivity contribution is 5.91. The number of hydrogen-bond donors (Lipinski definition) is 3. The van der Waals surface area contributed by atoms with Crippen LogP contribution in [0, 0.1) is 0 Å². The van der Waals surface area contributed by atoms with E-state index >= 15 is 0 Å². The number of aliphatic hydroxyl groups excluding tert-OH is 1. The Hall–Kier alpha value is -4.26. The van der Waals surface area contributed by atoms with E-state index in [2.05, 4.69) is 15.6 Å². The van der Waals surface area contributed by atoms with Crippen LogP contribution in [0.5, 0.6) is 0 Å². The minimum atomic E-state index is -1.59. The number of nitrogens with one attached hydrogen (secondary N) is 2. The molecule has 1 aliphatic rings. The molecule has 1 atom stereocenters. The fourth-order valence-corrected chi connectivity index (χ4v) is 3.72. The average Bonchev–Trinajstić information content (AvgIpc) is 2.87. The first-order valence-electron chi connectivity index (χ1n) is 12.0. The van der Waals surface area contributed by atoms with E-state index in [9.17, 15) is 29.1 Å². The van der Waals surface area contributed by atoms with E-state index < -0.39 is 41.5 Å². The van der Waals surface area contributed by atoms with Gasteiger partial charge in [0.25, 0.3) is 5.91 Å². The summed E-state index contributed by atoms with van der Waals surface area (Å²) in [5.74, 6) is -0.439. The van der Waals surface area contributed by atoms with Crippen molar-refractivity contribution in [1.82, 2.24) is 24.7 Å². The Balaban J connectivity index is 1.57. The molecule has 0 bridgehead atoms. The van der Waals surface area contributed by atoms with Gasteiger partial charge >= 0.3 is 17.8 Å². The van der Waals surface area contributed by atoms with Crippen LogP contribution in [0.1, 0.15) is 38.1 Å². The van der Waals surface area contributed by atoms with Gasteiger partial charge < -0.3 is 25.0 Å². The van der Waals surface area contributed by atoms with Gasteiger partial charge in [0.05, 0.1) is 12.3 Å². The van der Waals surface area contributed by atoms with Crippen LogP contribution in [0.2, 0.25) is 0 Å². The van der Waals surface area contributed by atoms with Crippen molar-refractivity contribution in [3.63, 3.8) is 0 Å². The molecule has 0 unspecified atom stereocenters. The zero-order valence-electron chi connectivity index (χ0n) is 21.8. The Bertz CT molecular complexity index is 1250. The molecule has 0 aliphatic carbocycles. The molecule has 0 spiro atoms. The molecule has 38 heavy (non-hydrogen) atoms.